The Labute approximate surface area is 144 Å². The molecule has 0 nitrogen and oxygen atoms in total. The molecule has 0 heterocycles. The van der Waals surface area contributed by atoms with Gasteiger partial charge in [-0.1, -0.05) is 116 Å². The number of alkyl halides is 3. The number of rotatable bonds is 0. The summed E-state index contributed by atoms with van der Waals surface area (Å²) < 4.78 is -1.19. The van der Waals surface area contributed by atoms with E-state index in [9.17, 15) is 0 Å². The van der Waals surface area contributed by atoms with Gasteiger partial charge in [-0.15, -0.1) is 0 Å². The lowest BCUT2D eigenvalue weighted by molar-refractivity contribution is 1.27. The summed E-state index contributed by atoms with van der Waals surface area (Å²) in [5.41, 5.74) is 1.09. The summed E-state index contributed by atoms with van der Waals surface area (Å²) in [4.78, 5) is 0. The third kappa shape index (κ3) is 55.2. The summed E-state index contributed by atoms with van der Waals surface area (Å²) in [6.45, 7) is 1.48. The Bertz CT molecular complexity index is 196. The van der Waals surface area contributed by atoms with Crippen molar-refractivity contribution in [3.05, 3.63) is 19.0 Å². The minimum atomic E-state index is -1.08. The Morgan fingerprint density at radius 3 is 0.938 bits per heavy atom. The maximum atomic E-state index is 5.06. The highest BCUT2D eigenvalue weighted by molar-refractivity contribution is 6.68. The quantitative estimate of drug-likeness (QED) is 0.342. The van der Waals surface area contributed by atoms with Crippen LogP contribution in [-0.4, -0.2) is 3.79 Å². The molecule has 0 aromatic heterocycles. The highest BCUT2D eigenvalue weighted by Crippen LogP contribution is 2.23. The van der Waals surface area contributed by atoms with Gasteiger partial charge in [0.1, 0.15) is 13.5 Å². The van der Waals surface area contributed by atoms with E-state index < -0.39 is 3.79 Å². The average Bonchev–Trinajstić information content (AvgIpc) is 2.02. The van der Waals surface area contributed by atoms with Gasteiger partial charge in [0.2, 0.25) is 0 Å². The van der Waals surface area contributed by atoms with E-state index in [1.807, 2.05) is 0 Å². The van der Waals surface area contributed by atoms with Gasteiger partial charge in [-0.3, -0.25) is 0 Å². The second-order valence-electron chi connectivity index (χ2n) is 1.70. The lowest BCUT2D eigenvalue weighted by Gasteiger charge is -1.94. The molecule has 0 saturated carbocycles. The van der Waals surface area contributed by atoms with Crippen molar-refractivity contribution in [2.24, 2.45) is 0 Å². The van der Waals surface area contributed by atoms with Crippen molar-refractivity contribution in [3.63, 3.8) is 0 Å². The number of hydrogen-bond donors (Lipinski definition) is 0. The Balaban J connectivity index is -0.000000160. The van der Waals surface area contributed by atoms with Gasteiger partial charge >= 0.3 is 0 Å². The summed E-state index contributed by atoms with van der Waals surface area (Å²) in [5, 5.41) is 0. The van der Waals surface area contributed by atoms with Crippen LogP contribution in [0.3, 0.4) is 0 Å². The lowest BCUT2D eigenvalue weighted by atomic mass is 10.9. The predicted molar refractivity (Wildman–Crippen MR) is 82.0 cm³/mol. The average molecular weight is 431 g/mol. The molecule has 0 N–H and O–H groups in total. The molecule has 98 valence electrons. The molecule has 0 aromatic rings. The molecular weight excluding hydrogens is 427 g/mol. The highest BCUT2D eigenvalue weighted by Gasteiger charge is 2.07. The third-order valence-electron chi connectivity index (χ3n) is 0.225. The fourth-order valence-corrected chi connectivity index (χ4v) is 0. The molecule has 10 heteroatoms. The molecule has 0 fully saturated rings. The van der Waals surface area contributed by atoms with Crippen LogP contribution < -0.4 is 0 Å². The van der Waals surface area contributed by atoms with Crippen LogP contribution in [0.15, 0.2) is 19.0 Å². The zero-order valence-electron chi connectivity index (χ0n) is 7.36. The van der Waals surface area contributed by atoms with Gasteiger partial charge in [-0.25, -0.2) is 0 Å². The summed E-state index contributed by atoms with van der Waals surface area (Å²) in [6.07, 6.45) is 0. The van der Waals surface area contributed by atoms with Crippen molar-refractivity contribution in [2.75, 3.05) is 0 Å². The number of halogens is 10. The van der Waals surface area contributed by atoms with Gasteiger partial charge in [0, 0.05) is 5.54 Å². The van der Waals surface area contributed by atoms with Crippen LogP contribution in [0.25, 0.3) is 0 Å². The molecule has 0 atom stereocenters. The van der Waals surface area contributed by atoms with Gasteiger partial charge in [0.15, 0.2) is 3.79 Å². The van der Waals surface area contributed by atoms with Crippen LogP contribution in [0.1, 0.15) is 6.92 Å². The van der Waals surface area contributed by atoms with Crippen molar-refractivity contribution in [1.82, 2.24) is 0 Å². The number of hydrogen-bond acceptors (Lipinski definition) is 0. The van der Waals surface area contributed by atoms with Crippen molar-refractivity contribution in [3.8, 4) is 0 Å². The van der Waals surface area contributed by atoms with Gasteiger partial charge in [0.05, 0.1) is 0 Å². The standard InChI is InChI=1S/C2Cl4.C2H3Cl3.C2HCl3/c3-1(4)2(5)6;1-2(3,4)5;3-1-2(4)5/h;1H3;1H. The molecule has 0 aromatic carbocycles. The second kappa shape index (κ2) is 13.8. The first-order valence-corrected chi connectivity index (χ1v) is 6.80. The monoisotopic (exact) mass is 426 g/mol. The van der Waals surface area contributed by atoms with Crippen LogP contribution in [0.2, 0.25) is 0 Å². The zero-order valence-corrected chi connectivity index (χ0v) is 14.9. The molecule has 16 heavy (non-hydrogen) atoms. The zero-order chi connectivity index (χ0) is 13.9. The first-order chi connectivity index (χ1) is 6.91. The Morgan fingerprint density at radius 2 is 0.938 bits per heavy atom. The van der Waals surface area contributed by atoms with E-state index in [-0.39, 0.29) is 13.5 Å². The Kier molecular flexibility index (Phi) is 20.2. The summed E-state index contributed by atoms with van der Waals surface area (Å²) >= 11 is 50.0. The smallest absolute Gasteiger partial charge is 0.0904 e. The van der Waals surface area contributed by atoms with E-state index in [2.05, 4.69) is 0 Å². The topological polar surface area (TPSA) is 0 Å². The maximum Gasteiger partial charge on any atom is 0.187 e. The van der Waals surface area contributed by atoms with Crippen LogP contribution >= 0.6 is 116 Å². The summed E-state index contributed by atoms with van der Waals surface area (Å²) in [7, 11) is 0. The normalized spacial score (nSPS) is 8.94. The van der Waals surface area contributed by atoms with Crippen molar-refractivity contribution in [1.29, 1.82) is 0 Å². The first kappa shape index (κ1) is 23.5. The van der Waals surface area contributed by atoms with E-state index in [0.29, 0.717) is 0 Å². The van der Waals surface area contributed by atoms with Crippen LogP contribution in [0.5, 0.6) is 0 Å². The molecule has 0 saturated heterocycles. The molecule has 0 bridgehead atoms. The summed E-state index contributed by atoms with van der Waals surface area (Å²) in [6, 6.07) is 0. The Hall–Kier alpha value is 2.38. The van der Waals surface area contributed by atoms with E-state index in [1.54, 1.807) is 0 Å². The minimum absolute atomic E-state index is 0.0895. The van der Waals surface area contributed by atoms with Crippen molar-refractivity contribution in [2.45, 2.75) is 10.7 Å². The molecule has 0 unspecified atom stereocenters. The van der Waals surface area contributed by atoms with Gasteiger partial charge in [-0.05, 0) is 6.92 Å². The van der Waals surface area contributed by atoms with E-state index in [1.165, 1.54) is 6.92 Å². The molecule has 0 rings (SSSR count). The second-order valence-corrected chi connectivity index (χ2v) is 7.67. The SMILES string of the molecule is CC(Cl)(Cl)Cl.ClC(Cl)=C(Cl)Cl.ClC=C(Cl)Cl. The summed E-state index contributed by atoms with van der Waals surface area (Å²) in [5.74, 6) is 0. The van der Waals surface area contributed by atoms with Crippen LogP contribution in [-0.2, 0) is 0 Å². The fourth-order valence-electron chi connectivity index (χ4n) is 0. The molecule has 0 amide bonds. The van der Waals surface area contributed by atoms with Gasteiger partial charge < -0.3 is 0 Å². The van der Waals surface area contributed by atoms with Crippen molar-refractivity contribution >= 4 is 116 Å². The van der Waals surface area contributed by atoms with E-state index >= 15 is 0 Å². The highest BCUT2D eigenvalue weighted by atomic mass is 35.6. The molecule has 0 aliphatic rings. The van der Waals surface area contributed by atoms with Crippen LogP contribution in [0.4, 0.5) is 0 Å². The third-order valence-corrected chi connectivity index (χ3v) is 2.03. The minimum Gasteiger partial charge on any atom is -0.0904 e. The predicted octanol–water partition coefficient (Wildman–Crippen LogP) is 7.95. The van der Waals surface area contributed by atoms with E-state index in [0.717, 1.165) is 5.54 Å². The Morgan fingerprint density at radius 1 is 0.812 bits per heavy atom. The van der Waals surface area contributed by atoms with Gasteiger partial charge in [0.25, 0.3) is 0 Å². The van der Waals surface area contributed by atoms with Crippen LogP contribution in [0, 0.1) is 0 Å². The molecular formula is C6H4Cl10. The molecule has 0 aliphatic heterocycles. The lowest BCUT2D eigenvalue weighted by Crippen LogP contribution is -1.87. The molecule has 0 radical (unpaired) electrons. The molecule has 0 aliphatic carbocycles. The first-order valence-electron chi connectivity index (χ1n) is 2.96. The fraction of sp³-hybridized carbons (Fsp3) is 0.333. The largest absolute Gasteiger partial charge is 0.187 e. The molecule has 0 spiro atoms. The van der Waals surface area contributed by atoms with E-state index in [4.69, 9.17) is 116 Å². The van der Waals surface area contributed by atoms with Gasteiger partial charge in [-0.2, -0.15) is 0 Å². The maximum absolute atomic E-state index is 5.06. The van der Waals surface area contributed by atoms with Crippen molar-refractivity contribution < 1.29 is 0 Å².